The Balaban J connectivity index is 1.40. The van der Waals surface area contributed by atoms with Crippen LogP contribution >= 0.6 is 0 Å². The van der Waals surface area contributed by atoms with Crippen molar-refractivity contribution in [2.75, 3.05) is 26.3 Å². The molecule has 2 aromatic heterocycles. The van der Waals surface area contributed by atoms with E-state index in [-0.39, 0.29) is 11.9 Å². The summed E-state index contributed by atoms with van der Waals surface area (Å²) in [6, 6.07) is 25.2. The van der Waals surface area contributed by atoms with Gasteiger partial charge in [-0.25, -0.2) is 4.98 Å². The Kier molecular flexibility index (Phi) is 6.33. The fraction of sp³-hybridized carbons (Fsp3) is 0.226. The van der Waals surface area contributed by atoms with E-state index in [2.05, 4.69) is 87.9 Å². The molecule has 3 heterocycles. The zero-order valence-corrected chi connectivity index (χ0v) is 21.0. The molecule has 0 radical (unpaired) electrons. The molecule has 37 heavy (non-hydrogen) atoms. The van der Waals surface area contributed by atoms with Crippen LogP contribution in [0.15, 0.2) is 97.7 Å². The molecule has 186 valence electrons. The molecular formula is C31H30N4O2. The maximum absolute atomic E-state index is 13.7. The number of hydrogen-bond acceptors (Lipinski definition) is 3. The second-order valence-electron chi connectivity index (χ2n) is 9.57. The third-order valence-corrected chi connectivity index (χ3v) is 7.28. The minimum Gasteiger partial charge on any atom is -0.378 e. The molecule has 1 aliphatic heterocycles. The number of fused-ring (bicyclic) bond motifs is 1. The van der Waals surface area contributed by atoms with Gasteiger partial charge >= 0.3 is 0 Å². The number of benzene rings is 3. The number of imidazole rings is 1. The van der Waals surface area contributed by atoms with E-state index in [4.69, 9.17) is 4.74 Å². The Labute approximate surface area is 216 Å². The monoisotopic (exact) mass is 490 g/mol. The van der Waals surface area contributed by atoms with E-state index < -0.39 is 0 Å². The van der Waals surface area contributed by atoms with Crippen molar-refractivity contribution in [3.63, 3.8) is 0 Å². The third-order valence-electron chi connectivity index (χ3n) is 7.28. The Morgan fingerprint density at radius 1 is 0.919 bits per heavy atom. The molecule has 1 saturated heterocycles. The first-order chi connectivity index (χ1) is 18.2. The molecule has 0 bridgehead atoms. The topological polar surface area (TPSA) is 52.3 Å². The average Bonchev–Trinajstić information content (AvgIpc) is 3.60. The lowest BCUT2D eigenvalue weighted by Crippen LogP contribution is -2.40. The number of hydrogen-bond donors (Lipinski definition) is 0. The summed E-state index contributed by atoms with van der Waals surface area (Å²) in [5, 5.41) is 2.30. The van der Waals surface area contributed by atoms with Gasteiger partial charge in [-0.3, -0.25) is 4.79 Å². The summed E-state index contributed by atoms with van der Waals surface area (Å²) in [7, 11) is 0. The van der Waals surface area contributed by atoms with Gasteiger partial charge in [-0.05, 0) is 28.8 Å². The van der Waals surface area contributed by atoms with Gasteiger partial charge in [-0.1, -0.05) is 72.8 Å². The van der Waals surface area contributed by atoms with Gasteiger partial charge in [0.05, 0.1) is 43.4 Å². The molecule has 1 unspecified atom stereocenters. The van der Waals surface area contributed by atoms with Gasteiger partial charge in [0.2, 0.25) is 0 Å². The van der Waals surface area contributed by atoms with Crippen LogP contribution in [0.4, 0.5) is 0 Å². The SMILES string of the molecule is CC(c1ccccc1)n1cncc1Cn1cc(C(=O)N2CCOCC2)c(-c2cccc3ccccc23)c1. The Hall–Kier alpha value is -4.16. The van der Waals surface area contributed by atoms with E-state index in [1.54, 1.807) is 0 Å². The van der Waals surface area contributed by atoms with E-state index in [1.165, 1.54) is 5.56 Å². The maximum atomic E-state index is 13.7. The third kappa shape index (κ3) is 4.56. The molecule has 0 saturated carbocycles. The van der Waals surface area contributed by atoms with Gasteiger partial charge in [-0.2, -0.15) is 0 Å². The number of carbonyl (C=O) groups is 1. The fourth-order valence-corrected chi connectivity index (χ4v) is 5.26. The Morgan fingerprint density at radius 2 is 1.68 bits per heavy atom. The van der Waals surface area contributed by atoms with Crippen molar-refractivity contribution in [2.24, 2.45) is 0 Å². The van der Waals surface area contributed by atoms with Crippen LogP contribution in [0.25, 0.3) is 21.9 Å². The van der Waals surface area contributed by atoms with Crippen molar-refractivity contribution in [3.05, 3.63) is 115 Å². The van der Waals surface area contributed by atoms with Crippen LogP contribution in [0.1, 0.15) is 34.6 Å². The second-order valence-corrected chi connectivity index (χ2v) is 9.57. The van der Waals surface area contributed by atoms with Crippen molar-refractivity contribution in [2.45, 2.75) is 19.5 Å². The standard InChI is InChI=1S/C31H30N4O2/c1-23(24-8-3-2-4-9-24)35-22-32-18-26(35)19-33-20-29(28-13-7-11-25-10-5-6-12-27(25)28)30(21-33)31(36)34-14-16-37-17-15-34/h2-13,18,20-23H,14-17,19H2,1H3. The lowest BCUT2D eigenvalue weighted by atomic mass is 9.97. The molecule has 5 aromatic rings. The van der Waals surface area contributed by atoms with Crippen LogP contribution in [0.3, 0.4) is 0 Å². The minimum atomic E-state index is 0.0520. The van der Waals surface area contributed by atoms with Gasteiger partial charge in [0.15, 0.2) is 0 Å². The van der Waals surface area contributed by atoms with E-state index in [9.17, 15) is 4.79 Å². The van der Waals surface area contributed by atoms with Crippen LogP contribution in [0, 0.1) is 0 Å². The molecular weight excluding hydrogens is 460 g/mol. The number of aromatic nitrogens is 3. The maximum Gasteiger partial charge on any atom is 0.256 e. The number of nitrogens with zero attached hydrogens (tertiary/aromatic N) is 4. The minimum absolute atomic E-state index is 0.0520. The van der Waals surface area contributed by atoms with Crippen LogP contribution in [0.2, 0.25) is 0 Å². The van der Waals surface area contributed by atoms with Crippen LogP contribution < -0.4 is 0 Å². The van der Waals surface area contributed by atoms with E-state index >= 15 is 0 Å². The summed E-state index contributed by atoms with van der Waals surface area (Å²) in [6.07, 6.45) is 7.92. The zero-order chi connectivity index (χ0) is 25.2. The second kappa shape index (κ2) is 10.1. The first-order valence-corrected chi connectivity index (χ1v) is 12.8. The smallest absolute Gasteiger partial charge is 0.256 e. The Morgan fingerprint density at radius 3 is 2.51 bits per heavy atom. The number of amides is 1. The van der Waals surface area contributed by atoms with E-state index in [1.807, 2.05) is 35.8 Å². The summed E-state index contributed by atoms with van der Waals surface area (Å²) in [6.45, 7) is 5.18. The summed E-state index contributed by atoms with van der Waals surface area (Å²) in [5.74, 6) is 0.0520. The molecule has 6 rings (SSSR count). The largest absolute Gasteiger partial charge is 0.378 e. The highest BCUT2D eigenvalue weighted by atomic mass is 16.5. The number of ether oxygens (including phenoxy) is 1. The molecule has 0 aliphatic carbocycles. The normalized spacial score (nSPS) is 14.7. The lowest BCUT2D eigenvalue weighted by molar-refractivity contribution is 0.0303. The van der Waals surface area contributed by atoms with Gasteiger partial charge < -0.3 is 18.8 Å². The van der Waals surface area contributed by atoms with Gasteiger partial charge in [0, 0.05) is 37.2 Å². The molecule has 1 aliphatic rings. The highest BCUT2D eigenvalue weighted by molar-refractivity contribution is 6.06. The summed E-state index contributed by atoms with van der Waals surface area (Å²) in [4.78, 5) is 20.1. The number of rotatable bonds is 6. The molecule has 1 atom stereocenters. The predicted molar refractivity (Wildman–Crippen MR) is 146 cm³/mol. The van der Waals surface area contributed by atoms with Crippen molar-refractivity contribution >= 4 is 16.7 Å². The number of morpholine rings is 1. The molecule has 1 fully saturated rings. The molecule has 1 amide bonds. The van der Waals surface area contributed by atoms with Crippen LogP contribution in [-0.2, 0) is 11.3 Å². The quantitative estimate of drug-likeness (QED) is 0.310. The Bertz CT molecular complexity index is 1520. The molecule has 6 nitrogen and oxygen atoms in total. The summed E-state index contributed by atoms with van der Waals surface area (Å²) >= 11 is 0. The number of carbonyl (C=O) groups excluding carboxylic acids is 1. The molecule has 3 aromatic carbocycles. The summed E-state index contributed by atoms with van der Waals surface area (Å²) in [5.41, 5.74) is 5.06. The zero-order valence-electron chi connectivity index (χ0n) is 21.0. The van der Waals surface area contributed by atoms with Crippen molar-refractivity contribution in [3.8, 4) is 11.1 Å². The lowest BCUT2D eigenvalue weighted by Gasteiger charge is -2.27. The van der Waals surface area contributed by atoms with E-state index in [0.717, 1.165) is 33.2 Å². The predicted octanol–water partition coefficient (Wildman–Crippen LogP) is 5.63. The first-order valence-electron chi connectivity index (χ1n) is 12.8. The fourth-order valence-electron chi connectivity index (χ4n) is 5.26. The molecule has 0 N–H and O–H groups in total. The molecule has 6 heteroatoms. The first kappa shape index (κ1) is 23.3. The van der Waals surface area contributed by atoms with Crippen LogP contribution in [0.5, 0.6) is 0 Å². The van der Waals surface area contributed by atoms with Crippen molar-refractivity contribution < 1.29 is 9.53 Å². The van der Waals surface area contributed by atoms with Crippen molar-refractivity contribution in [1.29, 1.82) is 0 Å². The summed E-state index contributed by atoms with van der Waals surface area (Å²) < 4.78 is 9.82. The van der Waals surface area contributed by atoms with Gasteiger partial charge in [0.25, 0.3) is 5.91 Å². The van der Waals surface area contributed by atoms with Gasteiger partial charge in [-0.15, -0.1) is 0 Å². The molecule has 0 spiro atoms. The van der Waals surface area contributed by atoms with E-state index in [0.29, 0.717) is 32.8 Å². The highest BCUT2D eigenvalue weighted by Gasteiger charge is 2.24. The van der Waals surface area contributed by atoms with Crippen molar-refractivity contribution in [1.82, 2.24) is 19.0 Å². The van der Waals surface area contributed by atoms with Crippen LogP contribution in [-0.4, -0.2) is 51.2 Å². The van der Waals surface area contributed by atoms with Gasteiger partial charge in [0.1, 0.15) is 0 Å². The highest BCUT2D eigenvalue weighted by Crippen LogP contribution is 2.33. The average molecular weight is 491 g/mol.